The number of hydrogen-bond donors (Lipinski definition) is 1. The first-order valence-corrected chi connectivity index (χ1v) is 12.4. The zero-order valence-electron chi connectivity index (χ0n) is 16.6. The van der Waals surface area contributed by atoms with Crippen LogP contribution in [0.4, 0.5) is 0 Å². The van der Waals surface area contributed by atoms with Crippen molar-refractivity contribution in [3.63, 3.8) is 0 Å². The van der Waals surface area contributed by atoms with Gasteiger partial charge in [0.05, 0.1) is 23.1 Å². The highest BCUT2D eigenvalue weighted by Gasteiger charge is 2.38. The first kappa shape index (κ1) is 21.3. The standard InChI is InChI=1S/C22H24BrN3O3S/c23-18-4-6-19(7-5-18)30(27,28)25-9-1-2-10-26-13-17-15-29-22-8-3-16(12-24)11-20(22)21(17)14-26/h3-8,11,17,21,25H,1-2,9-10,13-15H2/t17-,21+/m0/s1. The molecule has 0 aliphatic carbocycles. The smallest absolute Gasteiger partial charge is 0.240 e. The maximum absolute atomic E-state index is 12.3. The number of rotatable bonds is 7. The van der Waals surface area contributed by atoms with Crippen LogP contribution in [0.3, 0.4) is 0 Å². The van der Waals surface area contributed by atoms with Crippen molar-refractivity contribution in [3.8, 4) is 11.8 Å². The molecule has 0 amide bonds. The van der Waals surface area contributed by atoms with Gasteiger partial charge in [0, 0.05) is 41.5 Å². The molecule has 30 heavy (non-hydrogen) atoms. The molecule has 0 saturated carbocycles. The normalized spacial score (nSPS) is 20.8. The van der Waals surface area contributed by atoms with Crippen molar-refractivity contribution in [2.45, 2.75) is 23.7 Å². The van der Waals surface area contributed by atoms with Gasteiger partial charge in [-0.05, 0) is 61.9 Å². The molecule has 2 aromatic carbocycles. The van der Waals surface area contributed by atoms with Crippen LogP contribution in [0.1, 0.15) is 29.9 Å². The third-order valence-electron chi connectivity index (χ3n) is 5.83. The number of unbranched alkanes of at least 4 members (excludes halogenated alkanes) is 1. The zero-order valence-corrected chi connectivity index (χ0v) is 19.0. The molecule has 2 aliphatic heterocycles. The molecule has 1 N–H and O–H groups in total. The van der Waals surface area contributed by atoms with E-state index in [2.05, 4.69) is 31.6 Å². The highest BCUT2D eigenvalue weighted by molar-refractivity contribution is 9.10. The predicted molar refractivity (Wildman–Crippen MR) is 118 cm³/mol. The molecule has 1 saturated heterocycles. The van der Waals surface area contributed by atoms with Crippen LogP contribution in [0.2, 0.25) is 0 Å². The summed E-state index contributed by atoms with van der Waals surface area (Å²) in [4.78, 5) is 2.71. The van der Waals surface area contributed by atoms with Gasteiger partial charge in [0.2, 0.25) is 10.0 Å². The molecule has 2 aliphatic rings. The Hall–Kier alpha value is -1.92. The number of ether oxygens (including phenoxy) is 1. The van der Waals surface area contributed by atoms with Gasteiger partial charge in [-0.3, -0.25) is 0 Å². The molecule has 0 aromatic heterocycles. The summed E-state index contributed by atoms with van der Waals surface area (Å²) >= 11 is 3.31. The third kappa shape index (κ3) is 4.70. The molecular weight excluding hydrogens is 466 g/mol. The van der Waals surface area contributed by atoms with Gasteiger partial charge in [-0.15, -0.1) is 0 Å². The minimum Gasteiger partial charge on any atom is -0.493 e. The van der Waals surface area contributed by atoms with E-state index in [0.717, 1.165) is 48.3 Å². The Bertz CT molecular complexity index is 1050. The Labute approximate surface area is 186 Å². The predicted octanol–water partition coefficient (Wildman–Crippen LogP) is 3.49. The van der Waals surface area contributed by atoms with Crippen LogP contribution in [-0.4, -0.2) is 46.1 Å². The van der Waals surface area contributed by atoms with E-state index in [9.17, 15) is 13.7 Å². The lowest BCUT2D eigenvalue weighted by Crippen LogP contribution is -2.27. The van der Waals surface area contributed by atoms with Gasteiger partial charge in [0.15, 0.2) is 0 Å². The fourth-order valence-corrected chi connectivity index (χ4v) is 5.60. The molecule has 4 rings (SSSR count). The monoisotopic (exact) mass is 489 g/mol. The van der Waals surface area contributed by atoms with Crippen LogP contribution in [0.15, 0.2) is 51.8 Å². The maximum atomic E-state index is 12.3. The molecule has 2 heterocycles. The second kappa shape index (κ2) is 9.06. The Morgan fingerprint density at radius 1 is 1.17 bits per heavy atom. The molecule has 2 atom stereocenters. The number of sulfonamides is 1. The van der Waals surface area contributed by atoms with Crippen molar-refractivity contribution in [1.29, 1.82) is 5.26 Å². The van der Waals surface area contributed by atoms with Crippen molar-refractivity contribution >= 4 is 26.0 Å². The van der Waals surface area contributed by atoms with E-state index in [1.54, 1.807) is 30.3 Å². The van der Waals surface area contributed by atoms with Gasteiger partial charge in [-0.25, -0.2) is 13.1 Å². The minimum atomic E-state index is -3.46. The van der Waals surface area contributed by atoms with Gasteiger partial charge < -0.3 is 9.64 Å². The molecule has 6 nitrogen and oxygen atoms in total. The van der Waals surface area contributed by atoms with E-state index < -0.39 is 10.0 Å². The molecule has 0 radical (unpaired) electrons. The van der Waals surface area contributed by atoms with Crippen molar-refractivity contribution < 1.29 is 13.2 Å². The van der Waals surface area contributed by atoms with E-state index in [1.165, 1.54) is 0 Å². The van der Waals surface area contributed by atoms with Crippen molar-refractivity contribution in [3.05, 3.63) is 58.1 Å². The number of nitriles is 1. The summed E-state index contributed by atoms with van der Waals surface area (Å²) in [7, 11) is -3.46. The van der Waals surface area contributed by atoms with Gasteiger partial charge in [-0.2, -0.15) is 5.26 Å². The maximum Gasteiger partial charge on any atom is 0.240 e. The van der Waals surface area contributed by atoms with Crippen LogP contribution in [0, 0.1) is 17.2 Å². The number of benzene rings is 2. The van der Waals surface area contributed by atoms with E-state index in [-0.39, 0.29) is 4.90 Å². The number of likely N-dealkylation sites (tertiary alicyclic amines) is 1. The topological polar surface area (TPSA) is 82.4 Å². The molecule has 0 bridgehead atoms. The first-order valence-electron chi connectivity index (χ1n) is 10.1. The average Bonchev–Trinajstić information content (AvgIpc) is 3.17. The summed E-state index contributed by atoms with van der Waals surface area (Å²) in [5.74, 6) is 1.75. The van der Waals surface area contributed by atoms with Crippen molar-refractivity contribution in [1.82, 2.24) is 9.62 Å². The van der Waals surface area contributed by atoms with E-state index in [0.29, 0.717) is 30.6 Å². The Morgan fingerprint density at radius 3 is 2.73 bits per heavy atom. The molecule has 158 valence electrons. The largest absolute Gasteiger partial charge is 0.493 e. The number of nitrogens with zero attached hydrogens (tertiary/aromatic N) is 2. The number of hydrogen-bond acceptors (Lipinski definition) is 5. The third-order valence-corrected chi connectivity index (χ3v) is 7.83. The lowest BCUT2D eigenvalue weighted by atomic mass is 9.86. The van der Waals surface area contributed by atoms with Crippen LogP contribution < -0.4 is 9.46 Å². The lowest BCUT2D eigenvalue weighted by Gasteiger charge is -2.27. The molecule has 0 spiro atoms. The summed E-state index contributed by atoms with van der Waals surface area (Å²) in [5, 5.41) is 9.19. The van der Waals surface area contributed by atoms with Gasteiger partial charge in [-0.1, -0.05) is 15.9 Å². The number of halogens is 1. The zero-order chi connectivity index (χ0) is 21.1. The fourth-order valence-electron chi connectivity index (χ4n) is 4.26. The first-order chi connectivity index (χ1) is 14.5. The molecular formula is C22H24BrN3O3S. The van der Waals surface area contributed by atoms with Crippen LogP contribution >= 0.6 is 15.9 Å². The number of fused-ring (bicyclic) bond motifs is 3. The second-order valence-corrected chi connectivity index (χ2v) is 10.5. The highest BCUT2D eigenvalue weighted by Crippen LogP contribution is 2.41. The number of nitrogens with one attached hydrogen (secondary N) is 1. The SMILES string of the molecule is N#Cc1ccc2c(c1)[C@@H]1CN(CCCCNS(=O)(=O)c3ccc(Br)cc3)C[C@H]1CO2. The summed E-state index contributed by atoms with van der Waals surface area (Å²) in [5.41, 5.74) is 1.82. The van der Waals surface area contributed by atoms with Crippen LogP contribution in [-0.2, 0) is 10.0 Å². The van der Waals surface area contributed by atoms with Gasteiger partial charge >= 0.3 is 0 Å². The quantitative estimate of drug-likeness (QED) is 0.601. The summed E-state index contributed by atoms with van der Waals surface area (Å²) in [6, 6.07) is 14.5. The highest BCUT2D eigenvalue weighted by atomic mass is 79.9. The van der Waals surface area contributed by atoms with E-state index >= 15 is 0 Å². The van der Waals surface area contributed by atoms with Crippen LogP contribution in [0.25, 0.3) is 0 Å². The van der Waals surface area contributed by atoms with Crippen LogP contribution in [0.5, 0.6) is 5.75 Å². The Kier molecular flexibility index (Phi) is 6.44. The molecule has 8 heteroatoms. The van der Waals surface area contributed by atoms with Crippen molar-refractivity contribution in [2.24, 2.45) is 5.92 Å². The average molecular weight is 490 g/mol. The van der Waals surface area contributed by atoms with Crippen molar-refractivity contribution in [2.75, 3.05) is 32.8 Å². The summed E-state index contributed by atoms with van der Waals surface area (Å²) in [6.07, 6.45) is 1.71. The summed E-state index contributed by atoms with van der Waals surface area (Å²) in [6.45, 7) is 4.01. The van der Waals surface area contributed by atoms with E-state index in [4.69, 9.17) is 4.74 Å². The molecule has 1 fully saturated rings. The van der Waals surface area contributed by atoms with E-state index in [1.807, 2.05) is 12.1 Å². The lowest BCUT2D eigenvalue weighted by molar-refractivity contribution is 0.212. The Morgan fingerprint density at radius 2 is 1.97 bits per heavy atom. The summed E-state index contributed by atoms with van der Waals surface area (Å²) < 4.78 is 34.1. The fraction of sp³-hybridized carbons (Fsp3) is 0.409. The molecule has 2 aromatic rings. The van der Waals surface area contributed by atoms with Gasteiger partial charge in [0.1, 0.15) is 5.75 Å². The van der Waals surface area contributed by atoms with Gasteiger partial charge in [0.25, 0.3) is 0 Å². The Balaban J connectivity index is 1.25. The minimum absolute atomic E-state index is 0.282. The molecule has 0 unspecified atom stereocenters. The second-order valence-electron chi connectivity index (χ2n) is 7.86.